The molecule has 0 aliphatic rings. The molecule has 0 aliphatic heterocycles. The van der Waals surface area contributed by atoms with E-state index in [0.29, 0.717) is 10.8 Å². The van der Waals surface area contributed by atoms with Gasteiger partial charge in [-0.2, -0.15) is 0 Å². The highest BCUT2D eigenvalue weighted by atomic mass is 35.5. The summed E-state index contributed by atoms with van der Waals surface area (Å²) >= 11 is 5.41. The van der Waals surface area contributed by atoms with Crippen LogP contribution in [0.3, 0.4) is 0 Å². The molecule has 0 unspecified atom stereocenters. The minimum Gasteiger partial charge on any atom is -0.397 e. The molecule has 1 heterocycles. The maximum Gasteiger partial charge on any atom is 0.129 e. The van der Waals surface area contributed by atoms with Crippen molar-refractivity contribution in [2.75, 3.05) is 5.73 Å². The monoisotopic (exact) mass is 127 g/mol. The minimum absolute atomic E-state index is 0.416. The number of nitrogen functional groups attached to an aromatic ring is 1. The van der Waals surface area contributed by atoms with Crippen molar-refractivity contribution in [1.29, 1.82) is 0 Å². The van der Waals surface area contributed by atoms with Gasteiger partial charge in [-0.15, -0.1) is 0 Å². The molecule has 0 aliphatic carbocycles. The van der Waals surface area contributed by atoms with Gasteiger partial charge in [-0.3, -0.25) is 0 Å². The summed E-state index contributed by atoms with van der Waals surface area (Å²) < 4.78 is 0. The number of nitrogens with zero attached hydrogens (tertiary/aromatic N) is 1. The third kappa shape index (κ3) is 1.10. The van der Waals surface area contributed by atoms with Gasteiger partial charge in [0, 0.05) is 6.07 Å². The van der Waals surface area contributed by atoms with E-state index in [1.54, 1.807) is 0 Å². The Hall–Kier alpha value is -0.760. The van der Waals surface area contributed by atoms with Gasteiger partial charge in [0.1, 0.15) is 5.15 Å². The fourth-order valence-electron chi connectivity index (χ4n) is 0.349. The number of anilines is 1. The molecule has 0 saturated heterocycles. The Balaban J connectivity index is 3.03. The van der Waals surface area contributed by atoms with E-state index >= 15 is 0 Å². The maximum atomic E-state index is 5.41. The number of pyridine rings is 1. The molecule has 0 atom stereocenters. The third-order valence-corrected chi connectivity index (χ3v) is 0.892. The molecular formula is C5H4ClN2. The van der Waals surface area contributed by atoms with Crippen molar-refractivity contribution in [2.45, 2.75) is 0 Å². The van der Waals surface area contributed by atoms with Crippen LogP contribution in [0.5, 0.6) is 0 Å². The van der Waals surface area contributed by atoms with Crippen LogP contribution in [0.25, 0.3) is 0 Å². The van der Waals surface area contributed by atoms with Crippen LogP contribution in [0.2, 0.25) is 5.15 Å². The predicted molar refractivity (Wildman–Crippen MR) is 32.5 cm³/mol. The summed E-state index contributed by atoms with van der Waals surface area (Å²) in [7, 11) is 0. The topological polar surface area (TPSA) is 38.9 Å². The molecule has 1 aromatic rings. The van der Waals surface area contributed by atoms with E-state index in [1.165, 1.54) is 12.3 Å². The molecule has 8 heavy (non-hydrogen) atoms. The second-order valence-corrected chi connectivity index (χ2v) is 1.71. The second kappa shape index (κ2) is 2.01. The first-order chi connectivity index (χ1) is 3.79. The van der Waals surface area contributed by atoms with E-state index in [2.05, 4.69) is 11.1 Å². The zero-order valence-corrected chi connectivity index (χ0v) is 4.81. The van der Waals surface area contributed by atoms with Gasteiger partial charge >= 0.3 is 0 Å². The number of rotatable bonds is 0. The Bertz CT molecular complexity index is 149. The van der Waals surface area contributed by atoms with Gasteiger partial charge in [0.2, 0.25) is 0 Å². The fraction of sp³-hybridized carbons (Fsp3) is 0. The van der Waals surface area contributed by atoms with Crippen LogP contribution >= 0.6 is 11.6 Å². The molecule has 0 fully saturated rings. The number of nitrogens with two attached hydrogens (primary N) is 1. The van der Waals surface area contributed by atoms with Crippen molar-refractivity contribution in [3.8, 4) is 0 Å². The second-order valence-electron chi connectivity index (χ2n) is 1.32. The number of halogens is 1. The average molecular weight is 128 g/mol. The van der Waals surface area contributed by atoms with Gasteiger partial charge in [-0.1, -0.05) is 11.6 Å². The van der Waals surface area contributed by atoms with Crippen molar-refractivity contribution in [3.63, 3.8) is 0 Å². The standard InChI is InChI=1S/C5H4ClN2/c6-5-2-1-4(7)3-8-5/h2-3H,7H2. The molecule has 1 rings (SSSR count). The summed E-state index contributed by atoms with van der Waals surface area (Å²) in [6.45, 7) is 0. The van der Waals surface area contributed by atoms with E-state index < -0.39 is 0 Å². The van der Waals surface area contributed by atoms with Gasteiger partial charge in [0.25, 0.3) is 0 Å². The number of aromatic nitrogens is 1. The molecular weight excluding hydrogens is 124 g/mol. The number of hydrogen-bond acceptors (Lipinski definition) is 2. The van der Waals surface area contributed by atoms with Crippen molar-refractivity contribution < 1.29 is 0 Å². The molecule has 0 saturated carbocycles. The molecule has 1 aromatic heterocycles. The van der Waals surface area contributed by atoms with Gasteiger partial charge in [0.15, 0.2) is 0 Å². The van der Waals surface area contributed by atoms with Crippen molar-refractivity contribution in [3.05, 3.63) is 23.5 Å². The van der Waals surface area contributed by atoms with E-state index in [9.17, 15) is 0 Å². The molecule has 0 bridgehead atoms. The van der Waals surface area contributed by atoms with Gasteiger partial charge in [0.05, 0.1) is 11.9 Å². The molecule has 0 spiro atoms. The normalized spacial score (nSPS) is 9.12. The van der Waals surface area contributed by atoms with E-state index in [0.717, 1.165) is 0 Å². The molecule has 41 valence electrons. The van der Waals surface area contributed by atoms with E-state index in [1.807, 2.05) is 0 Å². The van der Waals surface area contributed by atoms with Crippen LogP contribution in [0, 0.1) is 6.07 Å². The Kier molecular flexibility index (Phi) is 1.35. The first-order valence-corrected chi connectivity index (χ1v) is 2.45. The highest BCUT2D eigenvalue weighted by Gasteiger charge is 1.84. The largest absolute Gasteiger partial charge is 0.397 e. The van der Waals surface area contributed by atoms with Crippen LogP contribution in [-0.4, -0.2) is 4.98 Å². The van der Waals surface area contributed by atoms with E-state index in [-0.39, 0.29) is 0 Å². The third-order valence-electron chi connectivity index (χ3n) is 0.685. The van der Waals surface area contributed by atoms with Crippen LogP contribution in [0.4, 0.5) is 5.69 Å². The molecule has 3 heteroatoms. The quantitative estimate of drug-likeness (QED) is 0.531. The molecule has 2 nitrogen and oxygen atoms in total. The van der Waals surface area contributed by atoms with Gasteiger partial charge < -0.3 is 5.73 Å². The Labute approximate surface area is 52.3 Å². The summed E-state index contributed by atoms with van der Waals surface area (Å²) in [6.07, 6.45) is 1.46. The summed E-state index contributed by atoms with van der Waals surface area (Å²) in [5.74, 6) is 0. The zero-order chi connectivity index (χ0) is 5.98. The first-order valence-electron chi connectivity index (χ1n) is 2.08. The van der Waals surface area contributed by atoms with E-state index in [4.69, 9.17) is 17.3 Å². The van der Waals surface area contributed by atoms with Crippen molar-refractivity contribution >= 4 is 17.3 Å². The summed E-state index contributed by atoms with van der Waals surface area (Å²) in [5, 5.41) is 0.416. The highest BCUT2D eigenvalue weighted by molar-refractivity contribution is 6.29. The van der Waals surface area contributed by atoms with Crippen LogP contribution < -0.4 is 5.73 Å². The Morgan fingerprint density at radius 2 is 2.50 bits per heavy atom. The lowest BCUT2D eigenvalue weighted by Crippen LogP contribution is -1.84. The lowest BCUT2D eigenvalue weighted by atomic mass is 10.4. The van der Waals surface area contributed by atoms with Crippen LogP contribution in [0.1, 0.15) is 0 Å². The van der Waals surface area contributed by atoms with Crippen molar-refractivity contribution in [1.82, 2.24) is 4.98 Å². The fourth-order valence-corrected chi connectivity index (χ4v) is 0.452. The van der Waals surface area contributed by atoms with Gasteiger partial charge in [-0.25, -0.2) is 4.98 Å². The van der Waals surface area contributed by atoms with Gasteiger partial charge in [-0.05, 0) is 6.07 Å². The van der Waals surface area contributed by atoms with Crippen LogP contribution in [0.15, 0.2) is 12.3 Å². The SMILES string of the molecule is Nc1[c]cc(Cl)nc1. The molecule has 2 N–H and O–H groups in total. The zero-order valence-electron chi connectivity index (χ0n) is 4.06. The first kappa shape index (κ1) is 5.38. The smallest absolute Gasteiger partial charge is 0.129 e. The Morgan fingerprint density at radius 1 is 1.75 bits per heavy atom. The highest BCUT2D eigenvalue weighted by Crippen LogP contribution is 2.03. The summed E-state index contributed by atoms with van der Waals surface area (Å²) in [5.41, 5.74) is 5.76. The number of hydrogen-bond donors (Lipinski definition) is 1. The average Bonchev–Trinajstić information content (AvgIpc) is 1.77. The molecule has 1 radical (unpaired) electrons. The lowest BCUT2D eigenvalue weighted by Gasteiger charge is -1.87. The Morgan fingerprint density at radius 3 is 2.88 bits per heavy atom. The van der Waals surface area contributed by atoms with Crippen molar-refractivity contribution in [2.24, 2.45) is 0 Å². The minimum atomic E-state index is 0.416. The molecule has 0 aromatic carbocycles. The summed E-state index contributed by atoms with van der Waals surface area (Å²) in [6, 6.07) is 4.21. The molecule has 0 amide bonds. The maximum absolute atomic E-state index is 5.41. The summed E-state index contributed by atoms with van der Waals surface area (Å²) in [4.78, 5) is 3.69. The predicted octanol–water partition coefficient (Wildman–Crippen LogP) is 1.12. The van der Waals surface area contributed by atoms with Crippen LogP contribution in [-0.2, 0) is 0 Å². The lowest BCUT2D eigenvalue weighted by molar-refractivity contribution is 1.33.